The van der Waals surface area contributed by atoms with Crippen molar-refractivity contribution in [2.75, 3.05) is 12.4 Å². The highest BCUT2D eigenvalue weighted by Gasteiger charge is 2.43. The summed E-state index contributed by atoms with van der Waals surface area (Å²) < 4.78 is 1.88. The van der Waals surface area contributed by atoms with Gasteiger partial charge in [-0.2, -0.15) is 5.10 Å². The molecule has 1 saturated heterocycles. The average Bonchev–Trinajstić information content (AvgIpc) is 2.95. The summed E-state index contributed by atoms with van der Waals surface area (Å²) >= 11 is 1.58. The van der Waals surface area contributed by atoms with Gasteiger partial charge in [-0.3, -0.25) is 14.3 Å². The van der Waals surface area contributed by atoms with Gasteiger partial charge >= 0.3 is 0 Å². The van der Waals surface area contributed by atoms with Gasteiger partial charge in [-0.15, -0.1) is 11.3 Å². The zero-order valence-corrected chi connectivity index (χ0v) is 14.3. The molecule has 2 aromatic heterocycles. The molecule has 24 heavy (non-hydrogen) atoms. The molecule has 0 radical (unpaired) electrons. The van der Waals surface area contributed by atoms with Crippen LogP contribution in [0.4, 0.5) is 5.69 Å². The van der Waals surface area contributed by atoms with E-state index >= 15 is 0 Å². The minimum Gasteiger partial charge on any atom is -0.337 e. The molecular weight excluding hydrogens is 324 g/mol. The van der Waals surface area contributed by atoms with Crippen LogP contribution in [0.1, 0.15) is 30.2 Å². The summed E-state index contributed by atoms with van der Waals surface area (Å²) in [6.45, 7) is 0.915. The predicted octanol–water partition coefficient (Wildman–Crippen LogP) is 2.51. The Morgan fingerprint density at radius 2 is 2.29 bits per heavy atom. The predicted molar refractivity (Wildman–Crippen MR) is 91.5 cm³/mol. The van der Waals surface area contributed by atoms with Crippen molar-refractivity contribution in [3.05, 3.63) is 34.8 Å². The van der Waals surface area contributed by atoms with E-state index in [9.17, 15) is 9.59 Å². The molecule has 7 heteroatoms. The lowest BCUT2D eigenvalue weighted by Gasteiger charge is -2.23. The number of carbonyl (C=O) groups is 2. The number of thiophene rings is 1. The Morgan fingerprint density at radius 3 is 3.00 bits per heavy atom. The summed E-state index contributed by atoms with van der Waals surface area (Å²) in [6, 6.07) is 3.75. The average molecular weight is 344 g/mol. The molecule has 2 amide bonds. The molecule has 2 aliphatic rings. The minimum absolute atomic E-state index is 0.0120. The fourth-order valence-electron chi connectivity index (χ4n) is 3.28. The Bertz CT molecular complexity index is 750. The van der Waals surface area contributed by atoms with Gasteiger partial charge in [0.15, 0.2) is 0 Å². The third-order valence-corrected chi connectivity index (χ3v) is 5.74. The summed E-state index contributed by atoms with van der Waals surface area (Å²) in [7, 11) is 1.77. The van der Waals surface area contributed by atoms with Crippen molar-refractivity contribution >= 4 is 28.8 Å². The minimum atomic E-state index is -0.368. The van der Waals surface area contributed by atoms with Crippen LogP contribution >= 0.6 is 11.3 Å². The lowest BCUT2D eigenvalue weighted by atomic mass is 9.98. The molecule has 1 saturated carbocycles. The van der Waals surface area contributed by atoms with Crippen molar-refractivity contribution in [2.24, 2.45) is 11.8 Å². The number of hydrogen-bond donors (Lipinski definition) is 1. The molecule has 3 heterocycles. The molecule has 126 valence electrons. The van der Waals surface area contributed by atoms with Gasteiger partial charge in [0.25, 0.3) is 0 Å². The van der Waals surface area contributed by atoms with Crippen LogP contribution in [0.3, 0.4) is 0 Å². The monoisotopic (exact) mass is 344 g/mol. The molecule has 2 aromatic rings. The van der Waals surface area contributed by atoms with Gasteiger partial charge in [-0.1, -0.05) is 6.07 Å². The van der Waals surface area contributed by atoms with Crippen LogP contribution in [0.15, 0.2) is 29.9 Å². The van der Waals surface area contributed by atoms with Crippen LogP contribution in [0.25, 0.3) is 0 Å². The van der Waals surface area contributed by atoms with Crippen molar-refractivity contribution in [3.63, 3.8) is 0 Å². The molecular formula is C17H20N4O2S. The van der Waals surface area contributed by atoms with Crippen LogP contribution in [0, 0.1) is 11.8 Å². The first-order valence-corrected chi connectivity index (χ1v) is 9.12. The molecule has 1 aliphatic heterocycles. The summed E-state index contributed by atoms with van der Waals surface area (Å²) in [5.74, 6) is 0.265. The van der Waals surface area contributed by atoms with Gasteiger partial charge in [-0.25, -0.2) is 0 Å². The first-order chi connectivity index (χ1) is 11.6. The van der Waals surface area contributed by atoms with Crippen molar-refractivity contribution in [1.82, 2.24) is 14.7 Å². The van der Waals surface area contributed by atoms with Gasteiger partial charge < -0.3 is 10.2 Å². The summed E-state index contributed by atoms with van der Waals surface area (Å²) in [6.07, 6.45) is 6.33. The quantitative estimate of drug-likeness (QED) is 0.906. The summed E-state index contributed by atoms with van der Waals surface area (Å²) in [4.78, 5) is 27.6. The first kappa shape index (κ1) is 15.4. The number of nitrogens with zero attached hydrogens (tertiary/aromatic N) is 3. The number of anilines is 1. The standard InChI is InChI=1S/C17H20N4O2S/c1-20-15(22)7-13(16(20)14-3-2-6-24-14)17(23)19-12-8-18-21(10-12)9-11-4-5-11/h2-3,6,8,10-11,13,16H,4-5,7,9H2,1H3,(H,19,23)/t13-,16+/m1/s1. The normalized spacial score (nSPS) is 23.7. The second-order valence-electron chi connectivity index (χ2n) is 6.66. The lowest BCUT2D eigenvalue weighted by molar-refractivity contribution is -0.127. The van der Waals surface area contributed by atoms with E-state index in [1.807, 2.05) is 28.4 Å². The van der Waals surface area contributed by atoms with E-state index in [1.54, 1.807) is 29.5 Å². The van der Waals surface area contributed by atoms with Crippen molar-refractivity contribution < 1.29 is 9.59 Å². The van der Waals surface area contributed by atoms with Crippen molar-refractivity contribution in [2.45, 2.75) is 31.8 Å². The molecule has 1 aliphatic carbocycles. The largest absolute Gasteiger partial charge is 0.337 e. The van der Waals surface area contributed by atoms with E-state index < -0.39 is 0 Å². The van der Waals surface area contributed by atoms with Crippen molar-refractivity contribution in [3.8, 4) is 0 Å². The van der Waals surface area contributed by atoms with Crippen molar-refractivity contribution in [1.29, 1.82) is 0 Å². The second-order valence-corrected chi connectivity index (χ2v) is 7.64. The molecule has 0 spiro atoms. The number of hydrogen-bond acceptors (Lipinski definition) is 4. The Balaban J connectivity index is 1.48. The van der Waals surface area contributed by atoms with Gasteiger partial charge in [0, 0.05) is 31.1 Å². The number of nitrogens with one attached hydrogen (secondary N) is 1. The molecule has 2 fully saturated rings. The number of carbonyl (C=O) groups excluding carboxylic acids is 2. The Morgan fingerprint density at radius 1 is 1.46 bits per heavy atom. The summed E-state index contributed by atoms with van der Waals surface area (Å²) in [5.41, 5.74) is 0.701. The van der Waals surface area contributed by atoms with Gasteiger partial charge in [0.2, 0.25) is 11.8 Å². The maximum absolute atomic E-state index is 12.7. The molecule has 4 rings (SSSR count). The SMILES string of the molecule is CN1C(=O)C[C@@H](C(=O)Nc2cnn(CC3CC3)c2)[C@H]1c1cccs1. The number of aromatic nitrogens is 2. The lowest BCUT2D eigenvalue weighted by Crippen LogP contribution is -2.29. The molecule has 6 nitrogen and oxygen atoms in total. The zero-order chi connectivity index (χ0) is 16.7. The molecule has 0 unspecified atom stereocenters. The van der Waals surface area contributed by atoms with Crippen LogP contribution < -0.4 is 5.32 Å². The number of likely N-dealkylation sites (tertiary alicyclic amines) is 1. The Kier molecular flexibility index (Phi) is 3.88. The third-order valence-electron chi connectivity index (χ3n) is 4.80. The zero-order valence-electron chi connectivity index (χ0n) is 13.5. The second kappa shape index (κ2) is 6.05. The maximum Gasteiger partial charge on any atom is 0.230 e. The third kappa shape index (κ3) is 2.96. The fraction of sp³-hybridized carbons (Fsp3) is 0.471. The highest BCUT2D eigenvalue weighted by Crippen LogP contribution is 2.39. The maximum atomic E-state index is 12.7. The van der Waals surface area contributed by atoms with Crippen LogP contribution in [-0.4, -0.2) is 33.5 Å². The van der Waals surface area contributed by atoms with E-state index in [0.717, 1.165) is 17.3 Å². The molecule has 0 bridgehead atoms. The molecule has 1 N–H and O–H groups in total. The Hall–Kier alpha value is -2.15. The topological polar surface area (TPSA) is 67.2 Å². The summed E-state index contributed by atoms with van der Waals surface area (Å²) in [5, 5.41) is 9.21. The van der Waals surface area contributed by atoms with Gasteiger partial charge in [-0.05, 0) is 30.2 Å². The number of rotatable bonds is 5. The Labute approximate surface area is 144 Å². The highest BCUT2D eigenvalue weighted by molar-refractivity contribution is 7.10. The fourth-order valence-corrected chi connectivity index (χ4v) is 4.21. The molecule has 2 atom stereocenters. The van der Waals surface area contributed by atoms with Gasteiger partial charge in [0.1, 0.15) is 0 Å². The van der Waals surface area contributed by atoms with E-state index in [4.69, 9.17) is 0 Å². The van der Waals surface area contributed by atoms with E-state index in [2.05, 4.69) is 10.4 Å². The van der Waals surface area contributed by atoms with Crippen LogP contribution in [0.2, 0.25) is 0 Å². The van der Waals surface area contributed by atoms with E-state index in [1.165, 1.54) is 12.8 Å². The number of amides is 2. The van der Waals surface area contributed by atoms with Crippen LogP contribution in [-0.2, 0) is 16.1 Å². The first-order valence-electron chi connectivity index (χ1n) is 8.24. The van der Waals surface area contributed by atoms with Crippen LogP contribution in [0.5, 0.6) is 0 Å². The highest BCUT2D eigenvalue weighted by atomic mass is 32.1. The molecule has 0 aromatic carbocycles. The van der Waals surface area contributed by atoms with Gasteiger partial charge in [0.05, 0.1) is 23.8 Å². The van der Waals surface area contributed by atoms with E-state index in [0.29, 0.717) is 5.69 Å². The van der Waals surface area contributed by atoms with E-state index in [-0.39, 0.29) is 30.2 Å². The smallest absolute Gasteiger partial charge is 0.230 e.